The average Bonchev–Trinajstić information content (AvgIpc) is 2.73. The summed E-state index contributed by atoms with van der Waals surface area (Å²) in [5.74, 6) is 0.606. The van der Waals surface area contributed by atoms with Crippen LogP contribution in [0.1, 0.15) is 26.3 Å². The molecule has 0 saturated carbocycles. The molecular formula is C23H25N3O2. The highest BCUT2D eigenvalue weighted by Gasteiger charge is 2.12. The number of nitrogens with one attached hydrogen (secondary N) is 2. The first-order valence-corrected chi connectivity index (χ1v) is 9.39. The Hall–Kier alpha value is -3.34. The second kappa shape index (κ2) is 9.04. The molecule has 144 valence electrons. The summed E-state index contributed by atoms with van der Waals surface area (Å²) in [4.78, 5) is 12.4. The van der Waals surface area contributed by atoms with Crippen LogP contribution in [-0.4, -0.2) is 24.3 Å². The number of nitrogens with zero attached hydrogens (tertiary/aromatic N) is 1. The fourth-order valence-electron chi connectivity index (χ4n) is 2.84. The lowest BCUT2D eigenvalue weighted by molar-refractivity contribution is -0.121. The molecule has 0 spiro atoms. The monoisotopic (exact) mass is 375 g/mol. The van der Waals surface area contributed by atoms with Gasteiger partial charge in [0.25, 0.3) is 5.91 Å². The molecule has 0 radical (unpaired) electrons. The molecule has 0 aliphatic heterocycles. The summed E-state index contributed by atoms with van der Waals surface area (Å²) in [6, 6.07) is 21.4. The van der Waals surface area contributed by atoms with Gasteiger partial charge in [0.2, 0.25) is 0 Å². The Labute approximate surface area is 165 Å². The van der Waals surface area contributed by atoms with Crippen molar-refractivity contribution < 1.29 is 9.53 Å². The number of fused-ring (bicyclic) bond motifs is 1. The Bertz CT molecular complexity index is 981. The van der Waals surface area contributed by atoms with Crippen LogP contribution >= 0.6 is 0 Å². The third-order valence-corrected chi connectivity index (χ3v) is 4.44. The van der Waals surface area contributed by atoms with E-state index >= 15 is 0 Å². The predicted octanol–water partition coefficient (Wildman–Crippen LogP) is 4.58. The molecule has 5 nitrogen and oxygen atoms in total. The summed E-state index contributed by atoms with van der Waals surface area (Å²) < 4.78 is 5.42. The van der Waals surface area contributed by atoms with E-state index in [4.69, 9.17) is 4.74 Å². The normalized spacial score (nSPS) is 12.5. The highest BCUT2D eigenvalue weighted by molar-refractivity contribution is 6.02. The predicted molar refractivity (Wildman–Crippen MR) is 115 cm³/mol. The van der Waals surface area contributed by atoms with Crippen LogP contribution in [-0.2, 0) is 4.79 Å². The quantitative estimate of drug-likeness (QED) is 0.469. The van der Waals surface area contributed by atoms with Gasteiger partial charge in [-0.05, 0) is 67.4 Å². The number of hydrogen-bond acceptors (Lipinski definition) is 4. The molecule has 0 fully saturated rings. The molecule has 0 aromatic heterocycles. The van der Waals surface area contributed by atoms with Gasteiger partial charge in [-0.2, -0.15) is 5.10 Å². The Balaban J connectivity index is 1.60. The summed E-state index contributed by atoms with van der Waals surface area (Å²) >= 11 is 0. The molecule has 28 heavy (non-hydrogen) atoms. The fourth-order valence-corrected chi connectivity index (χ4v) is 2.84. The number of rotatable bonds is 7. The van der Waals surface area contributed by atoms with Gasteiger partial charge in [-0.25, -0.2) is 5.43 Å². The topological polar surface area (TPSA) is 62.7 Å². The zero-order chi connectivity index (χ0) is 19.9. The molecule has 1 atom stereocenters. The summed E-state index contributed by atoms with van der Waals surface area (Å²) in [6.45, 7) is 6.25. The number of hydrogen-bond donors (Lipinski definition) is 2. The second-order valence-electron chi connectivity index (χ2n) is 6.56. The summed E-state index contributed by atoms with van der Waals surface area (Å²) in [6.07, 6.45) is 0. The van der Waals surface area contributed by atoms with Crippen molar-refractivity contribution in [2.24, 2.45) is 5.10 Å². The van der Waals surface area contributed by atoms with Gasteiger partial charge in [0.1, 0.15) is 11.8 Å². The van der Waals surface area contributed by atoms with Crippen molar-refractivity contribution >= 4 is 28.1 Å². The molecule has 0 aliphatic carbocycles. The first kappa shape index (κ1) is 19.4. The van der Waals surface area contributed by atoms with E-state index in [1.165, 1.54) is 5.39 Å². The van der Waals surface area contributed by atoms with Crippen LogP contribution in [0.4, 0.5) is 5.69 Å². The van der Waals surface area contributed by atoms with Gasteiger partial charge in [0.05, 0.1) is 12.3 Å². The third kappa shape index (κ3) is 4.88. The van der Waals surface area contributed by atoms with E-state index in [9.17, 15) is 4.79 Å². The number of amides is 1. The summed E-state index contributed by atoms with van der Waals surface area (Å²) in [5, 5.41) is 9.74. The molecule has 1 unspecified atom stereocenters. The van der Waals surface area contributed by atoms with E-state index in [-0.39, 0.29) is 5.91 Å². The molecule has 0 aliphatic rings. The van der Waals surface area contributed by atoms with Gasteiger partial charge in [0.15, 0.2) is 0 Å². The van der Waals surface area contributed by atoms with Crippen molar-refractivity contribution in [3.05, 3.63) is 72.3 Å². The van der Waals surface area contributed by atoms with Gasteiger partial charge in [0, 0.05) is 5.69 Å². The van der Waals surface area contributed by atoms with Gasteiger partial charge in [-0.15, -0.1) is 0 Å². The Morgan fingerprint density at radius 3 is 2.46 bits per heavy atom. The molecule has 3 aromatic rings. The minimum Gasteiger partial charge on any atom is -0.494 e. The molecular weight excluding hydrogens is 350 g/mol. The number of anilines is 1. The Morgan fingerprint density at radius 2 is 1.75 bits per heavy atom. The van der Waals surface area contributed by atoms with Crippen LogP contribution in [0.5, 0.6) is 5.75 Å². The number of carbonyl (C=O) groups excluding carboxylic acids is 1. The van der Waals surface area contributed by atoms with Crippen LogP contribution < -0.4 is 15.5 Å². The van der Waals surface area contributed by atoms with Gasteiger partial charge in [-0.3, -0.25) is 4.79 Å². The lowest BCUT2D eigenvalue weighted by Crippen LogP contribution is -2.35. The van der Waals surface area contributed by atoms with Gasteiger partial charge in [-0.1, -0.05) is 36.4 Å². The van der Waals surface area contributed by atoms with E-state index in [0.29, 0.717) is 6.61 Å². The number of benzene rings is 3. The van der Waals surface area contributed by atoms with Crippen molar-refractivity contribution in [3.63, 3.8) is 0 Å². The molecule has 0 heterocycles. The van der Waals surface area contributed by atoms with Crippen LogP contribution in [0.15, 0.2) is 71.8 Å². The zero-order valence-corrected chi connectivity index (χ0v) is 16.4. The van der Waals surface area contributed by atoms with Crippen molar-refractivity contribution in [2.75, 3.05) is 11.9 Å². The van der Waals surface area contributed by atoms with E-state index < -0.39 is 6.04 Å². The molecule has 2 N–H and O–H groups in total. The number of carbonyl (C=O) groups is 1. The van der Waals surface area contributed by atoms with Crippen LogP contribution in [0.3, 0.4) is 0 Å². The van der Waals surface area contributed by atoms with E-state index in [0.717, 1.165) is 28.1 Å². The minimum absolute atomic E-state index is 0.200. The van der Waals surface area contributed by atoms with E-state index in [1.807, 2.05) is 56.3 Å². The largest absolute Gasteiger partial charge is 0.494 e. The lowest BCUT2D eigenvalue weighted by atomic mass is 10.0. The molecule has 5 heteroatoms. The van der Waals surface area contributed by atoms with Crippen molar-refractivity contribution in [3.8, 4) is 5.75 Å². The third-order valence-electron chi connectivity index (χ3n) is 4.44. The van der Waals surface area contributed by atoms with Gasteiger partial charge >= 0.3 is 0 Å². The maximum absolute atomic E-state index is 12.4. The molecule has 1 amide bonds. The Kier molecular flexibility index (Phi) is 6.27. The van der Waals surface area contributed by atoms with Crippen molar-refractivity contribution in [1.82, 2.24) is 5.43 Å². The average molecular weight is 375 g/mol. The number of hydrazone groups is 1. The van der Waals surface area contributed by atoms with Crippen molar-refractivity contribution in [1.29, 1.82) is 0 Å². The maximum Gasteiger partial charge on any atom is 0.262 e. The maximum atomic E-state index is 12.4. The SMILES string of the molecule is CCOc1ccc(NC(C)C(=O)N/N=C(\C)c2ccc3ccccc3c2)cc1. The zero-order valence-electron chi connectivity index (χ0n) is 16.4. The molecule has 3 rings (SSSR count). The standard InChI is InChI=1S/C23H25N3O2/c1-4-28-22-13-11-21(12-14-22)24-17(3)23(27)26-25-16(2)19-10-9-18-7-5-6-8-20(18)15-19/h5-15,17,24H,4H2,1-3H3,(H,26,27)/b25-16+. The minimum atomic E-state index is -0.425. The van der Waals surface area contributed by atoms with E-state index in [1.54, 1.807) is 6.92 Å². The summed E-state index contributed by atoms with van der Waals surface area (Å²) in [7, 11) is 0. The number of ether oxygens (including phenoxy) is 1. The van der Waals surface area contributed by atoms with Crippen LogP contribution in [0, 0.1) is 0 Å². The molecule has 3 aromatic carbocycles. The molecule has 0 bridgehead atoms. The smallest absolute Gasteiger partial charge is 0.262 e. The van der Waals surface area contributed by atoms with E-state index in [2.05, 4.69) is 40.1 Å². The van der Waals surface area contributed by atoms with Gasteiger partial charge < -0.3 is 10.1 Å². The molecule has 0 saturated heterocycles. The summed E-state index contributed by atoms with van der Waals surface area (Å²) in [5.41, 5.74) is 5.23. The highest BCUT2D eigenvalue weighted by Crippen LogP contribution is 2.17. The van der Waals surface area contributed by atoms with Crippen LogP contribution in [0.2, 0.25) is 0 Å². The first-order valence-electron chi connectivity index (χ1n) is 9.39. The highest BCUT2D eigenvalue weighted by atomic mass is 16.5. The van der Waals surface area contributed by atoms with Crippen molar-refractivity contribution in [2.45, 2.75) is 26.8 Å². The second-order valence-corrected chi connectivity index (χ2v) is 6.56. The lowest BCUT2D eigenvalue weighted by Gasteiger charge is -2.14. The van der Waals surface area contributed by atoms with Crippen LogP contribution in [0.25, 0.3) is 10.8 Å². The Morgan fingerprint density at radius 1 is 1.04 bits per heavy atom. The first-order chi connectivity index (χ1) is 13.6. The fraction of sp³-hybridized carbons (Fsp3) is 0.217.